The Morgan fingerprint density at radius 3 is 2.80 bits per heavy atom. The van der Waals surface area contributed by atoms with Crippen molar-refractivity contribution in [3.05, 3.63) is 30.6 Å². The van der Waals surface area contributed by atoms with Crippen LogP contribution in [0.1, 0.15) is 25.7 Å². The molecule has 2 amide bonds. The van der Waals surface area contributed by atoms with Gasteiger partial charge in [0.05, 0.1) is 12.6 Å². The lowest BCUT2D eigenvalue weighted by Crippen LogP contribution is -2.43. The molecule has 0 spiro atoms. The maximum absolute atomic E-state index is 11.9. The molecule has 20 heavy (non-hydrogen) atoms. The van der Waals surface area contributed by atoms with E-state index in [1.165, 1.54) is 0 Å². The highest BCUT2D eigenvalue weighted by Gasteiger charge is 2.15. The first-order valence-corrected chi connectivity index (χ1v) is 6.44. The maximum Gasteiger partial charge on any atom is 0.315 e. The minimum absolute atomic E-state index is 0.0263. The summed E-state index contributed by atoms with van der Waals surface area (Å²) in [5.74, 6) is 0.708. The first-order valence-electron chi connectivity index (χ1n) is 6.44. The number of carbonyl (C=O) groups excluding carboxylic acids is 1. The second kappa shape index (κ2) is 6.18. The highest BCUT2D eigenvalue weighted by atomic mass is 16.2. The first-order chi connectivity index (χ1) is 9.56. The van der Waals surface area contributed by atoms with Crippen molar-refractivity contribution in [2.24, 2.45) is 7.05 Å². The number of hydrogen-bond acceptors (Lipinski definition) is 4. The van der Waals surface area contributed by atoms with E-state index >= 15 is 0 Å². The lowest BCUT2D eigenvalue weighted by atomic mass is 10.3. The number of rotatable bonds is 5. The Kier molecular flexibility index (Phi) is 4.34. The summed E-state index contributed by atoms with van der Waals surface area (Å²) in [5.41, 5.74) is 0. The predicted octanol–water partition coefficient (Wildman–Crippen LogP) is 0.460. The number of aryl methyl sites for hydroxylation is 1. The summed E-state index contributed by atoms with van der Waals surface area (Å²) >= 11 is 0. The molecule has 2 N–H and O–H groups in total. The minimum atomic E-state index is -0.236. The number of carbonyl (C=O) groups is 1. The Hall–Kier alpha value is -2.38. The Balaban J connectivity index is 1.81. The summed E-state index contributed by atoms with van der Waals surface area (Å²) in [4.78, 5) is 11.9. The molecule has 8 heteroatoms. The van der Waals surface area contributed by atoms with Crippen LogP contribution >= 0.6 is 0 Å². The molecular weight excluding hydrogens is 258 g/mol. The average molecular weight is 277 g/mol. The molecule has 2 atom stereocenters. The van der Waals surface area contributed by atoms with Crippen LogP contribution in [-0.4, -0.2) is 36.6 Å². The van der Waals surface area contributed by atoms with Gasteiger partial charge in [0.25, 0.3) is 0 Å². The van der Waals surface area contributed by atoms with Gasteiger partial charge in [0.2, 0.25) is 0 Å². The standard InChI is InChI=1S/C12H19N7O/c1-9(7-19-6-4-5-14-19)15-12(20)16-10(2)11-17-13-8-18(11)3/h4-6,8-10H,7H2,1-3H3,(H2,15,16,20)/t9-,10+/m1/s1. The number of nitrogens with zero attached hydrogens (tertiary/aromatic N) is 5. The summed E-state index contributed by atoms with van der Waals surface area (Å²) in [5, 5.41) is 17.5. The Morgan fingerprint density at radius 2 is 2.20 bits per heavy atom. The highest BCUT2D eigenvalue weighted by molar-refractivity contribution is 5.74. The van der Waals surface area contributed by atoms with E-state index in [2.05, 4.69) is 25.9 Å². The largest absolute Gasteiger partial charge is 0.334 e. The maximum atomic E-state index is 11.9. The zero-order valence-corrected chi connectivity index (χ0v) is 11.8. The number of nitrogens with one attached hydrogen (secondary N) is 2. The van der Waals surface area contributed by atoms with E-state index in [1.54, 1.807) is 21.8 Å². The van der Waals surface area contributed by atoms with Crippen molar-refractivity contribution in [1.82, 2.24) is 35.2 Å². The van der Waals surface area contributed by atoms with E-state index in [1.807, 2.05) is 33.2 Å². The molecule has 8 nitrogen and oxygen atoms in total. The number of hydrogen-bond donors (Lipinski definition) is 2. The van der Waals surface area contributed by atoms with Crippen LogP contribution < -0.4 is 10.6 Å². The van der Waals surface area contributed by atoms with E-state index < -0.39 is 0 Å². The van der Waals surface area contributed by atoms with Crippen LogP contribution in [0.4, 0.5) is 4.79 Å². The van der Waals surface area contributed by atoms with E-state index in [-0.39, 0.29) is 18.1 Å². The van der Waals surface area contributed by atoms with Gasteiger partial charge in [-0.25, -0.2) is 4.79 Å². The van der Waals surface area contributed by atoms with E-state index in [0.717, 1.165) is 0 Å². The van der Waals surface area contributed by atoms with Crippen molar-refractivity contribution in [2.75, 3.05) is 0 Å². The minimum Gasteiger partial charge on any atom is -0.334 e. The number of amides is 2. The SMILES string of the molecule is C[C@H](Cn1cccn1)NC(=O)N[C@@H](C)c1nncn1C. The summed E-state index contributed by atoms with van der Waals surface area (Å²) < 4.78 is 3.55. The molecular formula is C12H19N7O. The average Bonchev–Trinajstić information content (AvgIpc) is 2.99. The molecule has 0 fully saturated rings. The quantitative estimate of drug-likeness (QED) is 0.831. The molecule has 0 aliphatic heterocycles. The molecule has 0 aliphatic carbocycles. The van der Waals surface area contributed by atoms with Crippen molar-refractivity contribution in [3.63, 3.8) is 0 Å². The van der Waals surface area contributed by atoms with Crippen molar-refractivity contribution < 1.29 is 4.79 Å². The van der Waals surface area contributed by atoms with Crippen LogP contribution in [0, 0.1) is 0 Å². The molecule has 0 radical (unpaired) electrons. The first kappa shape index (κ1) is 14.0. The lowest BCUT2D eigenvalue weighted by molar-refractivity contribution is 0.232. The zero-order valence-electron chi connectivity index (χ0n) is 11.8. The second-order valence-corrected chi connectivity index (χ2v) is 4.77. The number of aromatic nitrogens is 5. The van der Waals surface area contributed by atoms with Gasteiger partial charge in [-0.1, -0.05) is 0 Å². The van der Waals surface area contributed by atoms with Gasteiger partial charge in [-0.05, 0) is 19.9 Å². The van der Waals surface area contributed by atoms with Crippen molar-refractivity contribution >= 4 is 6.03 Å². The summed E-state index contributed by atoms with van der Waals surface area (Å²) in [7, 11) is 1.84. The summed E-state index contributed by atoms with van der Waals surface area (Å²) in [6.45, 7) is 4.41. The molecule has 0 saturated heterocycles. The molecule has 0 aromatic carbocycles. The smallest absolute Gasteiger partial charge is 0.315 e. The molecule has 2 aromatic rings. The van der Waals surface area contributed by atoms with Gasteiger partial charge in [-0.3, -0.25) is 4.68 Å². The van der Waals surface area contributed by atoms with Crippen molar-refractivity contribution in [1.29, 1.82) is 0 Å². The molecule has 0 aliphatic rings. The fourth-order valence-corrected chi connectivity index (χ4v) is 1.95. The fourth-order valence-electron chi connectivity index (χ4n) is 1.95. The van der Waals surface area contributed by atoms with Gasteiger partial charge in [0, 0.05) is 25.5 Å². The number of urea groups is 1. The van der Waals surface area contributed by atoms with Crippen LogP contribution in [0.3, 0.4) is 0 Å². The van der Waals surface area contributed by atoms with Crippen LogP contribution in [0.2, 0.25) is 0 Å². The summed E-state index contributed by atoms with van der Waals surface area (Å²) in [6, 6.07) is 1.38. The summed E-state index contributed by atoms with van der Waals surface area (Å²) in [6.07, 6.45) is 5.17. The van der Waals surface area contributed by atoms with Crippen LogP contribution in [0.25, 0.3) is 0 Å². The Bertz CT molecular complexity index is 548. The van der Waals surface area contributed by atoms with Gasteiger partial charge in [-0.2, -0.15) is 5.10 Å². The van der Waals surface area contributed by atoms with Gasteiger partial charge in [0.1, 0.15) is 6.33 Å². The lowest BCUT2D eigenvalue weighted by Gasteiger charge is -2.17. The molecule has 2 heterocycles. The van der Waals surface area contributed by atoms with Crippen molar-refractivity contribution in [2.45, 2.75) is 32.5 Å². The van der Waals surface area contributed by atoms with Gasteiger partial charge < -0.3 is 15.2 Å². The molecule has 0 saturated carbocycles. The molecule has 0 bridgehead atoms. The zero-order chi connectivity index (χ0) is 14.5. The third-order valence-corrected chi connectivity index (χ3v) is 2.88. The molecule has 108 valence electrons. The van der Waals surface area contributed by atoms with Crippen LogP contribution in [-0.2, 0) is 13.6 Å². The molecule has 2 aromatic heterocycles. The van der Waals surface area contributed by atoms with Crippen molar-refractivity contribution in [3.8, 4) is 0 Å². The van der Waals surface area contributed by atoms with E-state index in [4.69, 9.17) is 0 Å². The van der Waals surface area contributed by atoms with E-state index in [9.17, 15) is 4.79 Å². The second-order valence-electron chi connectivity index (χ2n) is 4.77. The molecule has 0 unspecified atom stereocenters. The Morgan fingerprint density at radius 1 is 1.40 bits per heavy atom. The normalized spacial score (nSPS) is 13.8. The third kappa shape index (κ3) is 3.56. The monoisotopic (exact) mass is 277 g/mol. The van der Waals surface area contributed by atoms with Crippen LogP contribution in [0.5, 0.6) is 0 Å². The topological polar surface area (TPSA) is 89.7 Å². The third-order valence-electron chi connectivity index (χ3n) is 2.88. The molecule has 2 rings (SSSR count). The van der Waals surface area contributed by atoms with Gasteiger partial charge >= 0.3 is 6.03 Å². The van der Waals surface area contributed by atoms with E-state index in [0.29, 0.717) is 12.4 Å². The predicted molar refractivity (Wildman–Crippen MR) is 72.8 cm³/mol. The fraction of sp³-hybridized carbons (Fsp3) is 0.500. The highest BCUT2D eigenvalue weighted by Crippen LogP contribution is 2.06. The van der Waals surface area contributed by atoms with Gasteiger partial charge in [0.15, 0.2) is 5.82 Å². The van der Waals surface area contributed by atoms with Gasteiger partial charge in [-0.15, -0.1) is 10.2 Å². The Labute approximate surface area is 117 Å². The van der Waals surface area contributed by atoms with Crippen LogP contribution in [0.15, 0.2) is 24.8 Å².